The lowest BCUT2D eigenvalue weighted by Crippen LogP contribution is -1.99. The van der Waals surface area contributed by atoms with Gasteiger partial charge in [-0.1, -0.05) is 6.07 Å². The van der Waals surface area contributed by atoms with E-state index in [9.17, 15) is 0 Å². The van der Waals surface area contributed by atoms with Gasteiger partial charge in [-0.3, -0.25) is 5.10 Å². The van der Waals surface area contributed by atoms with Crippen LogP contribution in [0.25, 0.3) is 0 Å². The number of H-pyrrole nitrogens is 1. The van der Waals surface area contributed by atoms with E-state index >= 15 is 0 Å². The molecule has 24 heavy (non-hydrogen) atoms. The minimum atomic E-state index is 0.457. The van der Waals surface area contributed by atoms with Crippen LogP contribution in [0.5, 0.6) is 11.5 Å². The van der Waals surface area contributed by atoms with Gasteiger partial charge < -0.3 is 9.47 Å². The van der Waals surface area contributed by atoms with Crippen molar-refractivity contribution in [3.05, 3.63) is 56.7 Å². The van der Waals surface area contributed by atoms with Crippen molar-refractivity contribution in [3.8, 4) is 11.5 Å². The molecule has 0 radical (unpaired) electrons. The van der Waals surface area contributed by atoms with Crippen LogP contribution < -0.4 is 9.47 Å². The molecule has 3 aromatic rings. The standard InChI is InChI=1S/C16H16N4O2S2/c1-21-13-6-5-11(8-14(13)22-2)10-17-20-15(18-19-16(20)23)9-12-4-3-7-24-12/h3-8,10H,9H2,1-2H3,(H,19,23)/b17-10-. The third kappa shape index (κ3) is 3.55. The topological polar surface area (TPSA) is 64.4 Å². The molecule has 0 amide bonds. The number of hydrogen-bond donors (Lipinski definition) is 1. The Morgan fingerprint density at radius 1 is 1.29 bits per heavy atom. The van der Waals surface area contributed by atoms with Crippen molar-refractivity contribution in [1.29, 1.82) is 0 Å². The molecule has 0 aliphatic rings. The molecule has 0 saturated heterocycles. The zero-order chi connectivity index (χ0) is 16.9. The van der Waals surface area contributed by atoms with Crippen molar-refractivity contribution in [2.24, 2.45) is 5.10 Å². The maximum absolute atomic E-state index is 5.30. The summed E-state index contributed by atoms with van der Waals surface area (Å²) in [7, 11) is 3.21. The number of benzene rings is 1. The summed E-state index contributed by atoms with van der Waals surface area (Å²) in [5.74, 6) is 2.09. The van der Waals surface area contributed by atoms with E-state index in [2.05, 4.69) is 21.4 Å². The van der Waals surface area contributed by atoms with Gasteiger partial charge in [-0.2, -0.15) is 14.9 Å². The zero-order valence-electron chi connectivity index (χ0n) is 13.2. The summed E-state index contributed by atoms with van der Waals surface area (Å²) in [6, 6.07) is 9.66. The second-order valence-corrected chi connectivity index (χ2v) is 6.29. The first-order chi connectivity index (χ1) is 11.7. The smallest absolute Gasteiger partial charge is 0.216 e. The summed E-state index contributed by atoms with van der Waals surface area (Å²) in [5, 5.41) is 13.5. The first-order valence-electron chi connectivity index (χ1n) is 7.16. The van der Waals surface area contributed by atoms with E-state index in [0.29, 0.717) is 22.7 Å². The second-order valence-electron chi connectivity index (χ2n) is 4.87. The van der Waals surface area contributed by atoms with E-state index < -0.39 is 0 Å². The van der Waals surface area contributed by atoms with Gasteiger partial charge in [-0.25, -0.2) is 0 Å². The maximum Gasteiger partial charge on any atom is 0.216 e. The number of nitrogens with zero attached hydrogens (tertiary/aromatic N) is 3. The van der Waals surface area contributed by atoms with E-state index in [-0.39, 0.29) is 0 Å². The van der Waals surface area contributed by atoms with Gasteiger partial charge in [0.2, 0.25) is 4.77 Å². The summed E-state index contributed by atoms with van der Waals surface area (Å²) in [5.41, 5.74) is 0.873. The van der Waals surface area contributed by atoms with E-state index in [1.54, 1.807) is 36.4 Å². The predicted molar refractivity (Wildman–Crippen MR) is 97.1 cm³/mol. The lowest BCUT2D eigenvalue weighted by atomic mass is 10.2. The Bertz CT molecular complexity index is 897. The molecule has 2 heterocycles. The molecule has 8 heteroatoms. The molecule has 0 atom stereocenters. The summed E-state index contributed by atoms with van der Waals surface area (Å²) in [4.78, 5) is 1.20. The molecule has 3 rings (SSSR count). The quantitative estimate of drug-likeness (QED) is 0.540. The highest BCUT2D eigenvalue weighted by atomic mass is 32.1. The van der Waals surface area contributed by atoms with Crippen LogP contribution in [0.1, 0.15) is 16.3 Å². The van der Waals surface area contributed by atoms with Crippen molar-refractivity contribution in [2.75, 3.05) is 14.2 Å². The van der Waals surface area contributed by atoms with Gasteiger partial charge in [0.1, 0.15) is 0 Å². The average molecular weight is 360 g/mol. The Labute approximate surface area is 148 Å². The van der Waals surface area contributed by atoms with Crippen LogP contribution in [-0.2, 0) is 6.42 Å². The van der Waals surface area contributed by atoms with Crippen LogP contribution in [-0.4, -0.2) is 35.3 Å². The first kappa shape index (κ1) is 16.4. The van der Waals surface area contributed by atoms with Crippen LogP contribution in [0.4, 0.5) is 0 Å². The fourth-order valence-electron chi connectivity index (χ4n) is 2.18. The zero-order valence-corrected chi connectivity index (χ0v) is 14.9. The van der Waals surface area contributed by atoms with Crippen LogP contribution in [0.15, 0.2) is 40.8 Å². The van der Waals surface area contributed by atoms with Crippen molar-refractivity contribution < 1.29 is 9.47 Å². The fraction of sp³-hybridized carbons (Fsp3) is 0.188. The van der Waals surface area contributed by atoms with E-state index in [4.69, 9.17) is 21.7 Å². The Balaban J connectivity index is 1.87. The summed E-state index contributed by atoms with van der Waals surface area (Å²) in [6.45, 7) is 0. The van der Waals surface area contributed by atoms with E-state index in [1.165, 1.54) is 4.88 Å². The third-order valence-electron chi connectivity index (χ3n) is 3.36. The first-order valence-corrected chi connectivity index (χ1v) is 8.45. The minimum Gasteiger partial charge on any atom is -0.493 e. The lowest BCUT2D eigenvalue weighted by molar-refractivity contribution is 0.355. The number of rotatable bonds is 6. The molecule has 0 unspecified atom stereocenters. The highest BCUT2D eigenvalue weighted by molar-refractivity contribution is 7.71. The lowest BCUT2D eigenvalue weighted by Gasteiger charge is -2.07. The number of aromatic nitrogens is 3. The molecule has 124 valence electrons. The van der Waals surface area contributed by atoms with Crippen LogP contribution in [0.2, 0.25) is 0 Å². The highest BCUT2D eigenvalue weighted by Crippen LogP contribution is 2.26. The molecule has 1 N–H and O–H groups in total. The van der Waals surface area contributed by atoms with Gasteiger partial charge in [-0.15, -0.1) is 11.3 Å². The maximum atomic E-state index is 5.30. The SMILES string of the molecule is COc1ccc(/C=N\n2c(Cc3cccs3)n[nH]c2=S)cc1OC. The van der Waals surface area contributed by atoms with Gasteiger partial charge in [0, 0.05) is 11.3 Å². The molecular weight excluding hydrogens is 344 g/mol. The molecule has 0 aliphatic carbocycles. The molecule has 2 aromatic heterocycles. The second kappa shape index (κ2) is 7.41. The van der Waals surface area contributed by atoms with Crippen LogP contribution in [0.3, 0.4) is 0 Å². The fourth-order valence-corrected chi connectivity index (χ4v) is 3.08. The molecule has 1 aromatic carbocycles. The number of hydrogen-bond acceptors (Lipinski definition) is 6. The molecular formula is C16H16N4O2S2. The average Bonchev–Trinajstić information content (AvgIpc) is 3.23. The monoisotopic (exact) mass is 360 g/mol. The normalized spacial score (nSPS) is 11.1. The van der Waals surface area contributed by atoms with Crippen LogP contribution >= 0.6 is 23.6 Å². The molecule has 0 spiro atoms. The third-order valence-corrected chi connectivity index (χ3v) is 4.50. The number of thiophene rings is 1. The summed E-state index contributed by atoms with van der Waals surface area (Å²) < 4.78 is 12.6. The number of aromatic amines is 1. The van der Waals surface area contributed by atoms with Crippen LogP contribution in [0, 0.1) is 4.77 Å². The van der Waals surface area contributed by atoms with Gasteiger partial charge in [0.05, 0.1) is 20.4 Å². The molecule has 0 fully saturated rings. The number of ether oxygens (including phenoxy) is 2. The van der Waals surface area contributed by atoms with Gasteiger partial charge >= 0.3 is 0 Å². The molecule has 0 bridgehead atoms. The molecule has 0 aliphatic heterocycles. The minimum absolute atomic E-state index is 0.457. The van der Waals surface area contributed by atoms with Gasteiger partial charge in [0.15, 0.2) is 17.3 Å². The van der Waals surface area contributed by atoms with Crippen molar-refractivity contribution in [2.45, 2.75) is 6.42 Å². The van der Waals surface area contributed by atoms with Crippen molar-refractivity contribution in [3.63, 3.8) is 0 Å². The largest absolute Gasteiger partial charge is 0.493 e. The van der Waals surface area contributed by atoms with E-state index in [0.717, 1.165) is 11.4 Å². The van der Waals surface area contributed by atoms with Gasteiger partial charge in [-0.05, 0) is 47.4 Å². The van der Waals surface area contributed by atoms with Crippen molar-refractivity contribution >= 4 is 29.8 Å². The summed E-state index contributed by atoms with van der Waals surface area (Å²) >= 11 is 6.94. The Morgan fingerprint density at radius 3 is 2.83 bits per heavy atom. The Kier molecular flexibility index (Phi) is 5.07. The number of methoxy groups -OCH3 is 2. The Hall–Kier alpha value is -2.45. The molecule has 0 saturated carbocycles. The summed E-state index contributed by atoms with van der Waals surface area (Å²) in [6.07, 6.45) is 2.39. The van der Waals surface area contributed by atoms with Gasteiger partial charge in [0.25, 0.3) is 0 Å². The number of nitrogens with one attached hydrogen (secondary N) is 1. The van der Waals surface area contributed by atoms with Crippen molar-refractivity contribution in [1.82, 2.24) is 14.9 Å². The highest BCUT2D eigenvalue weighted by Gasteiger charge is 2.07. The molecule has 6 nitrogen and oxygen atoms in total. The van der Waals surface area contributed by atoms with E-state index in [1.807, 2.05) is 29.6 Å². The Morgan fingerprint density at radius 2 is 2.12 bits per heavy atom. The predicted octanol–water partition coefficient (Wildman–Crippen LogP) is 3.49.